The summed E-state index contributed by atoms with van der Waals surface area (Å²) in [4.78, 5) is 26.2. The van der Waals surface area contributed by atoms with Crippen LogP contribution < -0.4 is 5.32 Å². The SMILES string of the molecule is Cc1nc(NCCN2CCCC2=O)c2nc(C)oc2n1. The molecule has 0 bridgehead atoms. The predicted octanol–water partition coefficient (Wildman–Crippen LogP) is 1.27. The molecule has 2 aromatic rings. The summed E-state index contributed by atoms with van der Waals surface area (Å²) in [5, 5.41) is 3.22. The highest BCUT2D eigenvalue weighted by molar-refractivity contribution is 5.81. The van der Waals surface area contributed by atoms with Gasteiger partial charge in [-0.05, 0) is 13.3 Å². The second-order valence-corrected chi connectivity index (χ2v) is 4.92. The van der Waals surface area contributed by atoms with E-state index in [1.807, 2.05) is 11.8 Å². The lowest BCUT2D eigenvalue weighted by Gasteiger charge is -2.15. The van der Waals surface area contributed by atoms with Gasteiger partial charge in [-0.2, -0.15) is 4.98 Å². The van der Waals surface area contributed by atoms with Crippen LogP contribution in [0.1, 0.15) is 24.6 Å². The molecular weight excluding hydrogens is 258 g/mol. The van der Waals surface area contributed by atoms with Crippen LogP contribution in [-0.4, -0.2) is 45.4 Å². The number of nitrogens with zero attached hydrogens (tertiary/aromatic N) is 4. The first-order chi connectivity index (χ1) is 9.63. The molecule has 1 fully saturated rings. The Kier molecular flexibility index (Phi) is 3.25. The highest BCUT2D eigenvalue weighted by Crippen LogP contribution is 2.20. The van der Waals surface area contributed by atoms with E-state index in [9.17, 15) is 4.79 Å². The lowest BCUT2D eigenvalue weighted by Crippen LogP contribution is -2.30. The van der Waals surface area contributed by atoms with Crippen LogP contribution >= 0.6 is 0 Å². The fourth-order valence-corrected chi connectivity index (χ4v) is 2.41. The topological polar surface area (TPSA) is 84.2 Å². The smallest absolute Gasteiger partial charge is 0.252 e. The fraction of sp³-hybridized carbons (Fsp3) is 0.538. The number of aromatic nitrogens is 3. The van der Waals surface area contributed by atoms with E-state index in [1.54, 1.807) is 6.92 Å². The Balaban J connectivity index is 1.72. The summed E-state index contributed by atoms with van der Waals surface area (Å²) in [6.07, 6.45) is 1.62. The number of aryl methyl sites for hydroxylation is 2. The zero-order valence-electron chi connectivity index (χ0n) is 11.6. The molecule has 0 aliphatic carbocycles. The van der Waals surface area contributed by atoms with E-state index in [1.165, 1.54) is 0 Å². The Morgan fingerprint density at radius 3 is 2.90 bits per heavy atom. The molecule has 0 aromatic carbocycles. The Labute approximate surface area is 116 Å². The van der Waals surface area contributed by atoms with Gasteiger partial charge in [0.2, 0.25) is 5.91 Å². The van der Waals surface area contributed by atoms with Crippen molar-refractivity contribution in [2.24, 2.45) is 0 Å². The van der Waals surface area contributed by atoms with Gasteiger partial charge in [0.1, 0.15) is 5.82 Å². The normalized spacial score (nSPS) is 15.3. The fourth-order valence-electron chi connectivity index (χ4n) is 2.41. The van der Waals surface area contributed by atoms with E-state index >= 15 is 0 Å². The Morgan fingerprint density at radius 2 is 2.15 bits per heavy atom. The van der Waals surface area contributed by atoms with Gasteiger partial charge in [0.15, 0.2) is 17.2 Å². The third kappa shape index (κ3) is 2.43. The molecular formula is C13H17N5O2. The van der Waals surface area contributed by atoms with E-state index in [4.69, 9.17) is 4.42 Å². The van der Waals surface area contributed by atoms with Crippen molar-refractivity contribution in [2.45, 2.75) is 26.7 Å². The number of hydrogen-bond donors (Lipinski definition) is 1. The summed E-state index contributed by atoms with van der Waals surface area (Å²) in [5.41, 5.74) is 1.13. The average molecular weight is 275 g/mol. The third-order valence-electron chi connectivity index (χ3n) is 3.32. The van der Waals surface area contributed by atoms with Crippen molar-refractivity contribution in [3.63, 3.8) is 0 Å². The van der Waals surface area contributed by atoms with Crippen molar-refractivity contribution in [1.29, 1.82) is 0 Å². The number of hydrogen-bond acceptors (Lipinski definition) is 6. The summed E-state index contributed by atoms with van der Waals surface area (Å²) < 4.78 is 5.42. The molecule has 3 rings (SSSR count). The number of carbonyl (C=O) groups is 1. The van der Waals surface area contributed by atoms with Crippen LogP contribution in [0.4, 0.5) is 5.82 Å². The van der Waals surface area contributed by atoms with Crippen molar-refractivity contribution in [3.8, 4) is 0 Å². The van der Waals surface area contributed by atoms with Crippen molar-refractivity contribution in [3.05, 3.63) is 11.7 Å². The van der Waals surface area contributed by atoms with Gasteiger partial charge in [0.05, 0.1) is 0 Å². The van der Waals surface area contributed by atoms with Gasteiger partial charge in [-0.25, -0.2) is 9.97 Å². The van der Waals surface area contributed by atoms with Crippen LogP contribution in [0.3, 0.4) is 0 Å². The van der Waals surface area contributed by atoms with Gasteiger partial charge in [0, 0.05) is 33.0 Å². The first-order valence-corrected chi connectivity index (χ1v) is 6.77. The molecule has 0 radical (unpaired) electrons. The minimum atomic E-state index is 0.230. The number of fused-ring (bicyclic) bond motifs is 1. The van der Waals surface area contributed by atoms with Gasteiger partial charge in [0.25, 0.3) is 5.71 Å². The van der Waals surface area contributed by atoms with Crippen molar-refractivity contribution in [1.82, 2.24) is 19.9 Å². The van der Waals surface area contributed by atoms with Crippen LogP contribution in [0.15, 0.2) is 4.42 Å². The number of likely N-dealkylation sites (tertiary alicyclic amines) is 1. The molecule has 1 aliphatic rings. The highest BCUT2D eigenvalue weighted by Gasteiger charge is 2.19. The maximum atomic E-state index is 11.5. The van der Waals surface area contributed by atoms with Crippen molar-refractivity contribution >= 4 is 23.0 Å². The number of oxazole rings is 1. The van der Waals surface area contributed by atoms with Crippen molar-refractivity contribution in [2.75, 3.05) is 25.0 Å². The zero-order valence-corrected chi connectivity index (χ0v) is 11.6. The number of anilines is 1. The molecule has 2 aromatic heterocycles. The first-order valence-electron chi connectivity index (χ1n) is 6.77. The molecule has 0 atom stereocenters. The predicted molar refractivity (Wildman–Crippen MR) is 73.4 cm³/mol. The Bertz CT molecular complexity index is 651. The van der Waals surface area contributed by atoms with E-state index in [0.29, 0.717) is 48.3 Å². The minimum absolute atomic E-state index is 0.230. The summed E-state index contributed by atoms with van der Waals surface area (Å²) in [6, 6.07) is 0. The molecule has 7 nitrogen and oxygen atoms in total. The van der Waals surface area contributed by atoms with Crippen molar-refractivity contribution < 1.29 is 9.21 Å². The van der Waals surface area contributed by atoms with Crippen LogP contribution in [0, 0.1) is 13.8 Å². The van der Waals surface area contributed by atoms with Crippen LogP contribution in [0.5, 0.6) is 0 Å². The van der Waals surface area contributed by atoms with Gasteiger partial charge in [-0.15, -0.1) is 0 Å². The zero-order chi connectivity index (χ0) is 14.1. The Morgan fingerprint density at radius 1 is 1.30 bits per heavy atom. The van der Waals surface area contributed by atoms with Crippen LogP contribution in [0.2, 0.25) is 0 Å². The molecule has 1 saturated heterocycles. The standard InChI is InChI=1S/C13H17N5O2/c1-8-15-12(11-13(16-8)20-9(2)17-11)14-5-7-18-6-3-4-10(18)19/h3-7H2,1-2H3,(H,14,15,16). The summed E-state index contributed by atoms with van der Waals surface area (Å²) in [7, 11) is 0. The Hall–Kier alpha value is -2.18. The van der Waals surface area contributed by atoms with Gasteiger partial charge < -0.3 is 14.6 Å². The summed E-state index contributed by atoms with van der Waals surface area (Å²) in [5.74, 6) is 2.09. The maximum absolute atomic E-state index is 11.5. The summed E-state index contributed by atoms with van der Waals surface area (Å²) in [6.45, 7) is 5.77. The molecule has 1 amide bonds. The number of nitrogens with one attached hydrogen (secondary N) is 1. The van der Waals surface area contributed by atoms with Gasteiger partial charge >= 0.3 is 0 Å². The molecule has 20 heavy (non-hydrogen) atoms. The minimum Gasteiger partial charge on any atom is -0.422 e. The van der Waals surface area contributed by atoms with E-state index in [0.717, 1.165) is 13.0 Å². The molecule has 0 saturated carbocycles. The molecule has 0 spiro atoms. The second-order valence-electron chi connectivity index (χ2n) is 4.92. The maximum Gasteiger partial charge on any atom is 0.252 e. The molecule has 106 valence electrons. The third-order valence-corrected chi connectivity index (χ3v) is 3.32. The van der Waals surface area contributed by atoms with Crippen LogP contribution in [-0.2, 0) is 4.79 Å². The van der Waals surface area contributed by atoms with Gasteiger partial charge in [-0.1, -0.05) is 0 Å². The molecule has 1 aliphatic heterocycles. The lowest BCUT2D eigenvalue weighted by atomic mass is 10.4. The molecule has 0 unspecified atom stereocenters. The lowest BCUT2D eigenvalue weighted by molar-refractivity contribution is -0.127. The van der Waals surface area contributed by atoms with E-state index < -0.39 is 0 Å². The van der Waals surface area contributed by atoms with E-state index in [-0.39, 0.29) is 5.91 Å². The number of amides is 1. The number of carbonyl (C=O) groups excluding carboxylic acids is 1. The first kappa shape index (κ1) is 12.8. The highest BCUT2D eigenvalue weighted by atomic mass is 16.4. The molecule has 3 heterocycles. The largest absolute Gasteiger partial charge is 0.422 e. The summed E-state index contributed by atoms with van der Waals surface area (Å²) >= 11 is 0. The average Bonchev–Trinajstić information content (AvgIpc) is 2.95. The molecule has 1 N–H and O–H groups in total. The van der Waals surface area contributed by atoms with E-state index in [2.05, 4.69) is 20.3 Å². The second kappa shape index (κ2) is 5.07. The van der Waals surface area contributed by atoms with Crippen LogP contribution in [0.25, 0.3) is 11.2 Å². The van der Waals surface area contributed by atoms with Gasteiger partial charge in [-0.3, -0.25) is 4.79 Å². The monoisotopic (exact) mass is 275 g/mol. The molecule has 7 heteroatoms. The number of rotatable bonds is 4. The quantitative estimate of drug-likeness (QED) is 0.904.